The first-order valence-electron chi connectivity index (χ1n) is 10.4. The zero-order valence-electron chi connectivity index (χ0n) is 18.7. The third-order valence-electron chi connectivity index (χ3n) is 5.63. The summed E-state index contributed by atoms with van der Waals surface area (Å²) in [5, 5.41) is 0. The molecule has 0 bridgehead atoms. The van der Waals surface area contributed by atoms with Crippen LogP contribution < -0.4 is 0 Å². The second-order valence-corrected chi connectivity index (χ2v) is 8.36. The van der Waals surface area contributed by atoms with Crippen molar-refractivity contribution in [2.45, 2.75) is 41.5 Å². The largest absolute Gasteiger partial charge is 0.246 e. The third kappa shape index (κ3) is 3.78. The fourth-order valence-electron chi connectivity index (χ4n) is 4.60. The van der Waals surface area contributed by atoms with Crippen LogP contribution in [0.3, 0.4) is 0 Å². The average molecular weight is 393 g/mol. The SMILES string of the molecule is Cc1cc(C)c(-c2cccc(-c3cccc(-c4c(C)cc(C)cc4C)n3)n2)c(C)c1. The molecule has 0 aliphatic rings. The Morgan fingerprint density at radius 3 is 1.07 bits per heavy atom. The van der Waals surface area contributed by atoms with Crippen LogP contribution in [0.2, 0.25) is 0 Å². The molecule has 0 saturated carbocycles. The highest BCUT2D eigenvalue weighted by atomic mass is 14.8. The van der Waals surface area contributed by atoms with Gasteiger partial charge in [-0.25, -0.2) is 9.97 Å². The Hall–Kier alpha value is -3.26. The van der Waals surface area contributed by atoms with E-state index in [0.717, 1.165) is 22.8 Å². The Morgan fingerprint density at radius 1 is 0.433 bits per heavy atom. The van der Waals surface area contributed by atoms with Crippen molar-refractivity contribution >= 4 is 0 Å². The van der Waals surface area contributed by atoms with E-state index in [-0.39, 0.29) is 0 Å². The molecule has 4 aromatic rings. The molecule has 2 aromatic heterocycles. The summed E-state index contributed by atoms with van der Waals surface area (Å²) in [6.07, 6.45) is 0. The number of benzene rings is 2. The number of aromatic nitrogens is 2. The summed E-state index contributed by atoms with van der Waals surface area (Å²) in [7, 11) is 0. The quantitative estimate of drug-likeness (QED) is 0.365. The van der Waals surface area contributed by atoms with Gasteiger partial charge in [0, 0.05) is 11.1 Å². The van der Waals surface area contributed by atoms with E-state index in [2.05, 4.69) is 90.1 Å². The highest BCUT2D eigenvalue weighted by Crippen LogP contribution is 2.31. The molecule has 0 atom stereocenters. The molecule has 0 N–H and O–H groups in total. The minimum atomic E-state index is 0.899. The molecule has 0 fully saturated rings. The van der Waals surface area contributed by atoms with Crippen molar-refractivity contribution < 1.29 is 0 Å². The van der Waals surface area contributed by atoms with Gasteiger partial charge < -0.3 is 0 Å². The maximum Gasteiger partial charge on any atom is 0.0893 e. The van der Waals surface area contributed by atoms with Crippen molar-refractivity contribution in [2.75, 3.05) is 0 Å². The van der Waals surface area contributed by atoms with Crippen LogP contribution in [0.5, 0.6) is 0 Å². The Labute approximate surface area is 179 Å². The van der Waals surface area contributed by atoms with Crippen LogP contribution in [0.4, 0.5) is 0 Å². The van der Waals surface area contributed by atoms with Gasteiger partial charge in [0.15, 0.2) is 0 Å². The zero-order valence-corrected chi connectivity index (χ0v) is 18.7. The summed E-state index contributed by atoms with van der Waals surface area (Å²) < 4.78 is 0. The molecule has 0 spiro atoms. The molecule has 2 nitrogen and oxygen atoms in total. The van der Waals surface area contributed by atoms with E-state index in [1.54, 1.807) is 0 Å². The highest BCUT2D eigenvalue weighted by Gasteiger charge is 2.12. The first kappa shape index (κ1) is 20.0. The first-order valence-corrected chi connectivity index (χ1v) is 10.4. The van der Waals surface area contributed by atoms with Gasteiger partial charge in [-0.05, 0) is 88.1 Å². The summed E-state index contributed by atoms with van der Waals surface area (Å²) in [4.78, 5) is 9.99. The molecule has 4 rings (SSSR count). The van der Waals surface area contributed by atoms with Crippen LogP contribution in [-0.2, 0) is 0 Å². The van der Waals surface area contributed by atoms with Crippen molar-refractivity contribution in [2.24, 2.45) is 0 Å². The molecule has 2 heterocycles. The van der Waals surface area contributed by atoms with Crippen LogP contribution in [0.25, 0.3) is 33.9 Å². The number of aryl methyl sites for hydroxylation is 6. The van der Waals surface area contributed by atoms with Crippen molar-refractivity contribution in [3.8, 4) is 33.9 Å². The molecular formula is C28H28N2. The molecule has 2 heteroatoms. The number of hydrogen-bond acceptors (Lipinski definition) is 2. The van der Waals surface area contributed by atoms with E-state index in [9.17, 15) is 0 Å². The molecule has 150 valence electrons. The van der Waals surface area contributed by atoms with Crippen LogP contribution in [0.1, 0.15) is 33.4 Å². The van der Waals surface area contributed by atoms with E-state index in [4.69, 9.17) is 9.97 Å². The molecule has 0 aliphatic carbocycles. The Balaban J connectivity index is 1.81. The van der Waals surface area contributed by atoms with Crippen molar-refractivity contribution in [3.63, 3.8) is 0 Å². The normalized spacial score (nSPS) is 11.0. The maximum atomic E-state index is 5.00. The van der Waals surface area contributed by atoms with Gasteiger partial charge in [0.05, 0.1) is 22.8 Å². The first-order chi connectivity index (χ1) is 14.3. The molecular weight excluding hydrogens is 364 g/mol. The molecule has 30 heavy (non-hydrogen) atoms. The van der Waals surface area contributed by atoms with Gasteiger partial charge >= 0.3 is 0 Å². The monoisotopic (exact) mass is 392 g/mol. The standard InChI is InChI=1S/C28H28N2/c1-17-13-19(3)27(20(4)14-17)25-11-7-9-23(29-25)24-10-8-12-26(30-24)28-21(5)15-18(2)16-22(28)6/h7-16H,1-6H3. The highest BCUT2D eigenvalue weighted by molar-refractivity contribution is 5.73. The topological polar surface area (TPSA) is 25.8 Å². The lowest BCUT2D eigenvalue weighted by atomic mass is 9.96. The average Bonchev–Trinajstić information content (AvgIpc) is 2.67. The summed E-state index contributed by atoms with van der Waals surface area (Å²) in [6.45, 7) is 12.9. The second-order valence-electron chi connectivity index (χ2n) is 8.36. The minimum absolute atomic E-state index is 0.899. The predicted octanol–water partition coefficient (Wildman–Crippen LogP) is 7.33. The van der Waals surface area contributed by atoms with Gasteiger partial charge in [-0.2, -0.15) is 0 Å². The number of hydrogen-bond donors (Lipinski definition) is 0. The van der Waals surface area contributed by atoms with E-state index >= 15 is 0 Å². The predicted molar refractivity (Wildman–Crippen MR) is 127 cm³/mol. The number of rotatable bonds is 3. The van der Waals surface area contributed by atoms with E-state index in [0.29, 0.717) is 0 Å². The molecule has 0 radical (unpaired) electrons. The van der Waals surface area contributed by atoms with E-state index < -0.39 is 0 Å². The Morgan fingerprint density at radius 2 is 0.733 bits per heavy atom. The van der Waals surface area contributed by atoms with Crippen molar-refractivity contribution in [3.05, 3.63) is 94.0 Å². The number of nitrogens with zero attached hydrogens (tertiary/aromatic N) is 2. The van der Waals surface area contributed by atoms with Gasteiger partial charge in [-0.15, -0.1) is 0 Å². The van der Waals surface area contributed by atoms with Crippen LogP contribution in [0, 0.1) is 41.5 Å². The summed E-state index contributed by atoms with van der Waals surface area (Å²) in [6, 6.07) is 21.3. The van der Waals surface area contributed by atoms with Crippen LogP contribution >= 0.6 is 0 Å². The summed E-state index contributed by atoms with van der Waals surface area (Å²) >= 11 is 0. The third-order valence-corrected chi connectivity index (χ3v) is 5.63. The van der Waals surface area contributed by atoms with Gasteiger partial charge in [-0.3, -0.25) is 0 Å². The molecule has 0 amide bonds. The smallest absolute Gasteiger partial charge is 0.0893 e. The van der Waals surface area contributed by atoms with Gasteiger partial charge in [0.1, 0.15) is 0 Å². The Kier molecular flexibility index (Phi) is 5.26. The van der Waals surface area contributed by atoms with Gasteiger partial charge in [-0.1, -0.05) is 47.5 Å². The Bertz CT molecular complexity index is 1110. The number of pyridine rings is 2. The minimum Gasteiger partial charge on any atom is -0.246 e. The fraction of sp³-hybridized carbons (Fsp3) is 0.214. The molecule has 0 saturated heterocycles. The maximum absolute atomic E-state index is 5.00. The van der Waals surface area contributed by atoms with E-state index in [1.807, 2.05) is 12.1 Å². The lowest BCUT2D eigenvalue weighted by molar-refractivity contribution is 1.22. The molecule has 0 unspecified atom stereocenters. The zero-order chi connectivity index (χ0) is 21.4. The summed E-state index contributed by atoms with van der Waals surface area (Å²) in [5.41, 5.74) is 13.8. The van der Waals surface area contributed by atoms with Crippen molar-refractivity contribution in [1.82, 2.24) is 9.97 Å². The lowest BCUT2D eigenvalue weighted by Crippen LogP contribution is -1.97. The van der Waals surface area contributed by atoms with Crippen LogP contribution in [-0.4, -0.2) is 9.97 Å². The summed E-state index contributed by atoms with van der Waals surface area (Å²) in [5.74, 6) is 0. The van der Waals surface area contributed by atoms with Crippen LogP contribution in [0.15, 0.2) is 60.7 Å². The van der Waals surface area contributed by atoms with Gasteiger partial charge in [0.25, 0.3) is 0 Å². The second kappa shape index (κ2) is 7.87. The lowest BCUT2D eigenvalue weighted by Gasteiger charge is -2.13. The van der Waals surface area contributed by atoms with Crippen molar-refractivity contribution in [1.29, 1.82) is 0 Å². The molecule has 2 aromatic carbocycles. The fourth-order valence-corrected chi connectivity index (χ4v) is 4.60. The molecule has 0 aliphatic heterocycles. The van der Waals surface area contributed by atoms with E-state index in [1.165, 1.54) is 44.5 Å². The van der Waals surface area contributed by atoms with Gasteiger partial charge in [0.2, 0.25) is 0 Å².